The number of hydrogen-bond donors (Lipinski definition) is 1. The molecule has 0 spiro atoms. The number of aromatic nitrogens is 2. The van der Waals surface area contributed by atoms with Crippen LogP contribution in [0.3, 0.4) is 0 Å². The number of aryl methyl sites for hydroxylation is 1. The number of aliphatic hydroxyl groups is 1. The second-order valence-corrected chi connectivity index (χ2v) is 5.42. The van der Waals surface area contributed by atoms with Crippen LogP contribution in [-0.2, 0) is 13.5 Å². The highest BCUT2D eigenvalue weighted by Gasteiger charge is 2.43. The molecule has 19 heavy (non-hydrogen) atoms. The van der Waals surface area contributed by atoms with Crippen LogP contribution >= 0.6 is 0 Å². The van der Waals surface area contributed by atoms with Gasteiger partial charge in [-0.2, -0.15) is 18.3 Å². The van der Waals surface area contributed by atoms with Crippen molar-refractivity contribution in [3.8, 4) is 0 Å². The second-order valence-electron chi connectivity index (χ2n) is 5.42. The van der Waals surface area contributed by atoms with Gasteiger partial charge in [0.15, 0.2) is 0 Å². The Hall–Kier alpha value is -1.04. The summed E-state index contributed by atoms with van der Waals surface area (Å²) in [7, 11) is 1.77. The molecule has 1 saturated carbocycles. The summed E-state index contributed by atoms with van der Waals surface area (Å²) >= 11 is 0. The Morgan fingerprint density at radius 3 is 2.79 bits per heavy atom. The summed E-state index contributed by atoms with van der Waals surface area (Å²) in [5.41, 5.74) is 0.726. The van der Waals surface area contributed by atoms with Gasteiger partial charge in [0.1, 0.15) is 0 Å². The molecule has 2 rings (SSSR count). The monoisotopic (exact) mass is 276 g/mol. The lowest BCUT2D eigenvalue weighted by molar-refractivity contribution is -0.188. The molecule has 0 aliphatic heterocycles. The molecule has 0 bridgehead atoms. The Labute approximate surface area is 110 Å². The lowest BCUT2D eigenvalue weighted by Crippen LogP contribution is -2.34. The highest BCUT2D eigenvalue weighted by Crippen LogP contribution is 2.41. The van der Waals surface area contributed by atoms with E-state index in [2.05, 4.69) is 5.10 Å². The van der Waals surface area contributed by atoms with E-state index in [9.17, 15) is 18.3 Å². The van der Waals surface area contributed by atoms with Gasteiger partial charge in [0.2, 0.25) is 0 Å². The molecule has 0 amide bonds. The van der Waals surface area contributed by atoms with Gasteiger partial charge in [-0.15, -0.1) is 0 Å². The summed E-state index contributed by atoms with van der Waals surface area (Å²) in [6.07, 6.45) is -1.34. The van der Waals surface area contributed by atoms with E-state index in [0.29, 0.717) is 19.3 Å². The van der Waals surface area contributed by atoms with Gasteiger partial charge >= 0.3 is 6.18 Å². The first-order valence-electron chi connectivity index (χ1n) is 6.59. The minimum absolute atomic E-state index is 0.0392. The van der Waals surface area contributed by atoms with Crippen LogP contribution in [0.15, 0.2) is 12.3 Å². The molecule has 6 heteroatoms. The number of halogens is 3. The number of rotatable bonds is 3. The second kappa shape index (κ2) is 5.53. The van der Waals surface area contributed by atoms with Gasteiger partial charge in [-0.05, 0) is 31.2 Å². The predicted octanol–water partition coefficient (Wildman–Crippen LogP) is 2.69. The third kappa shape index (κ3) is 3.72. The molecule has 3 unspecified atom stereocenters. The molecule has 1 N–H and O–H groups in total. The zero-order chi connectivity index (χ0) is 14.0. The summed E-state index contributed by atoms with van der Waals surface area (Å²) in [6, 6.07) is 1.79. The Morgan fingerprint density at radius 1 is 1.47 bits per heavy atom. The zero-order valence-electron chi connectivity index (χ0n) is 10.9. The molecule has 1 aromatic heterocycles. The van der Waals surface area contributed by atoms with E-state index in [1.165, 1.54) is 0 Å². The fourth-order valence-corrected chi connectivity index (χ4v) is 2.83. The third-order valence-electron chi connectivity index (χ3n) is 3.91. The lowest BCUT2D eigenvalue weighted by Gasteiger charge is -2.33. The summed E-state index contributed by atoms with van der Waals surface area (Å²) in [4.78, 5) is 0. The third-order valence-corrected chi connectivity index (χ3v) is 3.91. The first-order chi connectivity index (χ1) is 8.86. The maximum atomic E-state index is 12.7. The molecule has 1 aliphatic carbocycles. The van der Waals surface area contributed by atoms with Crippen LogP contribution < -0.4 is 0 Å². The first-order valence-corrected chi connectivity index (χ1v) is 6.59. The number of hydrogen-bond acceptors (Lipinski definition) is 2. The van der Waals surface area contributed by atoms with E-state index in [1.54, 1.807) is 24.0 Å². The van der Waals surface area contributed by atoms with Crippen molar-refractivity contribution in [3.05, 3.63) is 18.0 Å². The molecule has 3 nitrogen and oxygen atoms in total. The Bertz CT molecular complexity index is 416. The highest BCUT2D eigenvalue weighted by molar-refractivity contribution is 5.01. The van der Waals surface area contributed by atoms with Crippen LogP contribution in [0.2, 0.25) is 0 Å². The van der Waals surface area contributed by atoms with Crippen molar-refractivity contribution in [1.82, 2.24) is 9.78 Å². The van der Waals surface area contributed by atoms with Gasteiger partial charge in [0, 0.05) is 19.7 Å². The van der Waals surface area contributed by atoms with Crippen molar-refractivity contribution in [2.75, 3.05) is 0 Å². The van der Waals surface area contributed by atoms with Crippen molar-refractivity contribution >= 4 is 0 Å². The molecule has 0 aromatic carbocycles. The molecule has 3 atom stereocenters. The van der Waals surface area contributed by atoms with Gasteiger partial charge in [-0.3, -0.25) is 4.68 Å². The van der Waals surface area contributed by atoms with E-state index in [1.807, 2.05) is 0 Å². The van der Waals surface area contributed by atoms with Gasteiger partial charge in [-0.25, -0.2) is 0 Å². The minimum Gasteiger partial charge on any atom is -0.392 e. The zero-order valence-corrected chi connectivity index (χ0v) is 10.9. The van der Waals surface area contributed by atoms with Gasteiger partial charge in [-0.1, -0.05) is 6.42 Å². The standard InChI is InChI=1S/C13H19F3N2O/c1-18-6-5-11(17-18)8-12(19)9-3-2-4-10(7-9)13(14,15)16/h5-6,9-10,12,19H,2-4,7-8H2,1H3. The van der Waals surface area contributed by atoms with Crippen LogP contribution in [0.1, 0.15) is 31.4 Å². The van der Waals surface area contributed by atoms with Crippen molar-refractivity contribution in [1.29, 1.82) is 0 Å². The summed E-state index contributed by atoms with van der Waals surface area (Å²) < 4.78 is 39.8. The van der Waals surface area contributed by atoms with Gasteiger partial charge in [0.25, 0.3) is 0 Å². The molecule has 0 radical (unpaired) electrons. The molecule has 108 valence electrons. The summed E-state index contributed by atoms with van der Waals surface area (Å²) in [5.74, 6) is -1.54. The van der Waals surface area contributed by atoms with Crippen molar-refractivity contribution in [2.45, 2.75) is 44.4 Å². The van der Waals surface area contributed by atoms with Crippen LogP contribution in [0.25, 0.3) is 0 Å². The molecule has 1 aliphatic rings. The van der Waals surface area contributed by atoms with E-state index < -0.39 is 18.2 Å². The average molecular weight is 276 g/mol. The van der Waals surface area contributed by atoms with Crippen LogP contribution in [0.4, 0.5) is 13.2 Å². The summed E-state index contributed by atoms with van der Waals surface area (Å²) in [6.45, 7) is 0. The Balaban J connectivity index is 1.93. The van der Waals surface area contributed by atoms with Crippen LogP contribution in [0, 0.1) is 11.8 Å². The van der Waals surface area contributed by atoms with Crippen molar-refractivity contribution in [3.63, 3.8) is 0 Å². The predicted molar refractivity (Wildman–Crippen MR) is 64.4 cm³/mol. The Morgan fingerprint density at radius 2 is 2.21 bits per heavy atom. The smallest absolute Gasteiger partial charge is 0.391 e. The SMILES string of the molecule is Cn1ccc(CC(O)C2CCCC(C(F)(F)F)C2)n1. The minimum atomic E-state index is -4.14. The highest BCUT2D eigenvalue weighted by atomic mass is 19.4. The van der Waals surface area contributed by atoms with Crippen molar-refractivity contribution in [2.24, 2.45) is 18.9 Å². The lowest BCUT2D eigenvalue weighted by atomic mass is 9.77. The van der Waals surface area contributed by atoms with Gasteiger partial charge < -0.3 is 5.11 Å². The molecule has 0 saturated heterocycles. The first kappa shape index (κ1) is 14.4. The quantitative estimate of drug-likeness (QED) is 0.921. The molecule has 1 aromatic rings. The average Bonchev–Trinajstić information content (AvgIpc) is 2.74. The summed E-state index contributed by atoms with van der Waals surface area (Å²) in [5, 5.41) is 14.3. The van der Waals surface area contributed by atoms with Crippen molar-refractivity contribution < 1.29 is 18.3 Å². The van der Waals surface area contributed by atoms with Crippen LogP contribution in [-0.4, -0.2) is 27.2 Å². The van der Waals surface area contributed by atoms with Gasteiger partial charge in [0.05, 0.1) is 17.7 Å². The number of alkyl halides is 3. The molecular formula is C13H19F3N2O. The van der Waals surface area contributed by atoms with E-state index in [4.69, 9.17) is 0 Å². The number of nitrogens with zero attached hydrogens (tertiary/aromatic N) is 2. The van der Waals surface area contributed by atoms with E-state index in [0.717, 1.165) is 5.69 Å². The number of aliphatic hydroxyl groups excluding tert-OH is 1. The topological polar surface area (TPSA) is 38.0 Å². The van der Waals surface area contributed by atoms with Crippen LogP contribution in [0.5, 0.6) is 0 Å². The van der Waals surface area contributed by atoms with E-state index in [-0.39, 0.29) is 18.8 Å². The normalized spacial score (nSPS) is 26.4. The maximum absolute atomic E-state index is 12.7. The molecule has 1 heterocycles. The largest absolute Gasteiger partial charge is 0.392 e. The maximum Gasteiger partial charge on any atom is 0.391 e. The Kier molecular flexibility index (Phi) is 4.18. The molecule has 1 fully saturated rings. The molecular weight excluding hydrogens is 257 g/mol. The fraction of sp³-hybridized carbons (Fsp3) is 0.769. The fourth-order valence-electron chi connectivity index (χ4n) is 2.83. The van der Waals surface area contributed by atoms with E-state index >= 15 is 0 Å².